The van der Waals surface area contributed by atoms with Gasteiger partial charge in [-0.25, -0.2) is 0 Å². The zero-order valence-electron chi connectivity index (χ0n) is 9.81. The van der Waals surface area contributed by atoms with E-state index in [1.54, 1.807) is 6.07 Å². The molecule has 0 aromatic heterocycles. The van der Waals surface area contributed by atoms with E-state index in [4.69, 9.17) is 9.47 Å². The van der Waals surface area contributed by atoms with Gasteiger partial charge in [0.2, 0.25) is 12.5 Å². The maximum atomic E-state index is 11.6. The van der Waals surface area contributed by atoms with Crippen LogP contribution in [-0.4, -0.2) is 23.0 Å². The largest absolute Gasteiger partial charge is 0.504 e. The molecule has 1 saturated carbocycles. The number of hydrogen-bond acceptors (Lipinski definition) is 4. The second-order valence-electron chi connectivity index (χ2n) is 4.82. The molecule has 0 atom stereocenters. The Kier molecular flexibility index (Phi) is 2.36. The Hall–Kier alpha value is -1.91. The topological polar surface area (TPSA) is 76.0 Å². The molecule has 0 unspecified atom stereocenters. The van der Waals surface area contributed by atoms with Crippen LogP contribution in [0.4, 0.5) is 0 Å². The third kappa shape index (κ3) is 1.43. The number of hydrogen-bond donors (Lipinski definition) is 2. The average Bonchev–Trinajstić information content (AvgIpc) is 2.98. The summed E-state index contributed by atoms with van der Waals surface area (Å²) in [6, 6.07) is 3.18. The van der Waals surface area contributed by atoms with Crippen LogP contribution >= 0.6 is 0 Å². The molecule has 0 radical (unpaired) electrons. The second kappa shape index (κ2) is 3.80. The molecule has 1 aromatic carbocycles. The third-order valence-corrected chi connectivity index (χ3v) is 3.87. The number of benzene rings is 1. The summed E-state index contributed by atoms with van der Waals surface area (Å²) in [6.45, 7) is 0.0619. The number of phenolic OH excluding ortho intramolecular Hbond substituents is 1. The Morgan fingerprint density at radius 3 is 2.61 bits per heavy atom. The number of carboxylic acid groups (broad SMARTS) is 1. The van der Waals surface area contributed by atoms with Crippen molar-refractivity contribution >= 4 is 5.97 Å². The van der Waals surface area contributed by atoms with Gasteiger partial charge in [-0.2, -0.15) is 0 Å². The molecule has 1 aliphatic carbocycles. The predicted molar refractivity (Wildman–Crippen MR) is 62.0 cm³/mol. The lowest BCUT2D eigenvalue weighted by Crippen LogP contribution is -2.32. The lowest BCUT2D eigenvalue weighted by Gasteiger charge is -2.24. The quantitative estimate of drug-likeness (QED) is 0.839. The van der Waals surface area contributed by atoms with Crippen molar-refractivity contribution in [2.45, 2.75) is 31.1 Å². The van der Waals surface area contributed by atoms with E-state index in [9.17, 15) is 15.0 Å². The summed E-state index contributed by atoms with van der Waals surface area (Å²) < 4.78 is 10.3. The minimum Gasteiger partial charge on any atom is -0.504 e. The molecule has 96 valence electrons. The first-order valence-corrected chi connectivity index (χ1v) is 6.00. The lowest BCUT2D eigenvalue weighted by atomic mass is 9.79. The minimum absolute atomic E-state index is 0.0486. The fraction of sp³-hybridized carbons (Fsp3) is 0.462. The first-order valence-electron chi connectivity index (χ1n) is 6.00. The highest BCUT2D eigenvalue weighted by atomic mass is 16.7. The first-order chi connectivity index (χ1) is 8.63. The van der Waals surface area contributed by atoms with E-state index in [-0.39, 0.29) is 12.5 Å². The molecular formula is C13H14O5. The van der Waals surface area contributed by atoms with Gasteiger partial charge in [-0.1, -0.05) is 12.8 Å². The Bertz CT molecular complexity index is 502. The number of fused-ring (bicyclic) bond motifs is 1. The molecule has 0 spiro atoms. The number of aromatic hydroxyl groups is 1. The molecule has 5 heteroatoms. The molecule has 0 bridgehead atoms. The van der Waals surface area contributed by atoms with Gasteiger partial charge < -0.3 is 19.7 Å². The number of carboxylic acids is 1. The van der Waals surface area contributed by atoms with Crippen molar-refractivity contribution in [1.29, 1.82) is 0 Å². The molecule has 1 fully saturated rings. The van der Waals surface area contributed by atoms with Gasteiger partial charge in [0.05, 0.1) is 5.41 Å². The van der Waals surface area contributed by atoms with E-state index in [0.29, 0.717) is 29.9 Å². The van der Waals surface area contributed by atoms with Crippen LogP contribution in [0.2, 0.25) is 0 Å². The van der Waals surface area contributed by atoms with E-state index in [2.05, 4.69) is 0 Å². The lowest BCUT2D eigenvalue weighted by molar-refractivity contribution is -0.143. The Morgan fingerprint density at radius 2 is 1.94 bits per heavy atom. The third-order valence-electron chi connectivity index (χ3n) is 3.87. The van der Waals surface area contributed by atoms with Crippen molar-refractivity contribution in [1.82, 2.24) is 0 Å². The van der Waals surface area contributed by atoms with E-state index >= 15 is 0 Å². The summed E-state index contributed by atoms with van der Waals surface area (Å²) in [5, 5.41) is 19.4. The molecule has 1 aliphatic heterocycles. The van der Waals surface area contributed by atoms with Crippen LogP contribution < -0.4 is 9.47 Å². The van der Waals surface area contributed by atoms with Crippen LogP contribution in [0.5, 0.6) is 17.2 Å². The van der Waals surface area contributed by atoms with Gasteiger partial charge in [0.1, 0.15) is 0 Å². The van der Waals surface area contributed by atoms with Crippen LogP contribution in [0, 0.1) is 0 Å². The number of aliphatic carboxylic acids is 1. The highest BCUT2D eigenvalue weighted by Gasteiger charge is 2.44. The highest BCUT2D eigenvalue weighted by Crippen LogP contribution is 2.48. The van der Waals surface area contributed by atoms with Gasteiger partial charge in [0, 0.05) is 0 Å². The summed E-state index contributed by atoms with van der Waals surface area (Å²) in [7, 11) is 0. The zero-order chi connectivity index (χ0) is 12.8. The molecule has 1 aromatic rings. The van der Waals surface area contributed by atoms with E-state index in [1.807, 2.05) is 0 Å². The fourth-order valence-electron chi connectivity index (χ4n) is 2.87. The van der Waals surface area contributed by atoms with Crippen molar-refractivity contribution in [2.24, 2.45) is 0 Å². The maximum absolute atomic E-state index is 11.6. The SMILES string of the molecule is O=C(O)C1(c2cc(O)c3c(c2)OCO3)CCCC1. The van der Waals surface area contributed by atoms with Gasteiger partial charge in [-0.05, 0) is 30.5 Å². The van der Waals surface area contributed by atoms with Crippen LogP contribution in [0.1, 0.15) is 31.2 Å². The van der Waals surface area contributed by atoms with Crippen LogP contribution in [0.25, 0.3) is 0 Å². The minimum atomic E-state index is -0.890. The van der Waals surface area contributed by atoms with Gasteiger partial charge in [-0.15, -0.1) is 0 Å². The van der Waals surface area contributed by atoms with E-state index in [1.165, 1.54) is 6.07 Å². The average molecular weight is 250 g/mol. The molecule has 5 nitrogen and oxygen atoms in total. The van der Waals surface area contributed by atoms with Gasteiger partial charge >= 0.3 is 5.97 Å². The Balaban J connectivity index is 2.11. The normalized spacial score (nSPS) is 20.0. The standard InChI is InChI=1S/C13H14O5/c14-9-5-8(6-10-11(9)18-7-17-10)13(12(15)16)3-1-2-4-13/h5-6,14H,1-4,7H2,(H,15,16). The molecular weight excluding hydrogens is 236 g/mol. The molecule has 2 aliphatic rings. The Labute approximate surface area is 104 Å². The summed E-state index contributed by atoms with van der Waals surface area (Å²) in [6.07, 6.45) is 2.98. The van der Waals surface area contributed by atoms with E-state index < -0.39 is 11.4 Å². The first kappa shape index (κ1) is 11.2. The summed E-state index contributed by atoms with van der Waals surface area (Å²) in [4.78, 5) is 11.6. The van der Waals surface area contributed by atoms with Gasteiger partial charge in [0.15, 0.2) is 11.5 Å². The number of phenols is 1. The number of rotatable bonds is 2. The number of carbonyl (C=O) groups is 1. The van der Waals surface area contributed by atoms with Crippen molar-refractivity contribution in [3.8, 4) is 17.2 Å². The van der Waals surface area contributed by atoms with Gasteiger partial charge in [0.25, 0.3) is 0 Å². The zero-order valence-corrected chi connectivity index (χ0v) is 9.81. The van der Waals surface area contributed by atoms with Crippen molar-refractivity contribution in [3.05, 3.63) is 17.7 Å². The second-order valence-corrected chi connectivity index (χ2v) is 4.82. The van der Waals surface area contributed by atoms with Gasteiger partial charge in [-0.3, -0.25) is 4.79 Å². The summed E-state index contributed by atoms with van der Waals surface area (Å²) in [5.41, 5.74) is -0.285. The molecule has 2 N–H and O–H groups in total. The summed E-state index contributed by atoms with van der Waals surface area (Å²) >= 11 is 0. The monoisotopic (exact) mass is 250 g/mol. The molecule has 18 heavy (non-hydrogen) atoms. The molecule has 0 amide bonds. The molecule has 1 heterocycles. The van der Waals surface area contributed by atoms with Crippen LogP contribution in [-0.2, 0) is 10.2 Å². The fourth-order valence-corrected chi connectivity index (χ4v) is 2.87. The predicted octanol–water partition coefficient (Wildman–Crippen LogP) is 2.02. The van der Waals surface area contributed by atoms with E-state index in [0.717, 1.165) is 12.8 Å². The van der Waals surface area contributed by atoms with Crippen molar-refractivity contribution in [2.75, 3.05) is 6.79 Å². The number of ether oxygens (including phenoxy) is 2. The van der Waals surface area contributed by atoms with Crippen molar-refractivity contribution in [3.63, 3.8) is 0 Å². The molecule has 0 saturated heterocycles. The van der Waals surface area contributed by atoms with Crippen molar-refractivity contribution < 1.29 is 24.5 Å². The van der Waals surface area contributed by atoms with Crippen LogP contribution in [0.3, 0.4) is 0 Å². The Morgan fingerprint density at radius 1 is 1.22 bits per heavy atom. The molecule has 3 rings (SSSR count). The smallest absolute Gasteiger partial charge is 0.314 e. The summed E-state index contributed by atoms with van der Waals surface area (Å²) in [5.74, 6) is -0.152. The van der Waals surface area contributed by atoms with Crippen LogP contribution in [0.15, 0.2) is 12.1 Å². The maximum Gasteiger partial charge on any atom is 0.314 e. The highest BCUT2D eigenvalue weighted by molar-refractivity contribution is 5.82.